The van der Waals surface area contributed by atoms with Gasteiger partial charge in [-0.25, -0.2) is 4.99 Å². The first-order valence-electron chi connectivity index (χ1n) is 25.4. The summed E-state index contributed by atoms with van der Waals surface area (Å²) in [6, 6.07) is 55.8. The fourth-order valence-corrected chi connectivity index (χ4v) is 11.3. The summed E-state index contributed by atoms with van der Waals surface area (Å²) in [5, 5.41) is 5.05. The number of nitrogens with one attached hydrogen (secondary N) is 1. The molecule has 13 rings (SSSR count). The molecule has 0 amide bonds. The first kappa shape index (κ1) is 43.4. The van der Waals surface area contributed by atoms with Crippen molar-refractivity contribution in [1.82, 2.24) is 9.55 Å². The molecule has 72 heavy (non-hydrogen) atoms. The minimum atomic E-state index is 0.0258. The Bertz CT molecular complexity index is 3980. The van der Waals surface area contributed by atoms with Crippen molar-refractivity contribution in [3.8, 4) is 22.3 Å². The highest BCUT2D eigenvalue weighted by Gasteiger charge is 2.27. The molecule has 2 atom stereocenters. The number of allylic oxidation sites excluding steroid dienone is 12. The van der Waals surface area contributed by atoms with Crippen LogP contribution in [0.1, 0.15) is 59.5 Å². The van der Waals surface area contributed by atoms with E-state index in [1.807, 2.05) is 0 Å². The average Bonchev–Trinajstić information content (AvgIpc) is 3.98. The van der Waals surface area contributed by atoms with Gasteiger partial charge in [-0.05, 0) is 148 Å². The third kappa shape index (κ3) is 8.19. The SMILES string of the molecule is C=C1/C=C\c2cc(-c3ccc4c(c3)c3ccccc3n4C3C=CC(C4CC(C5=CC=CCC5)=NC(c5cccc(C)c5)=N4)=CC3)ccc2C/C=C\C(c2ccc(-c3ccc4[nH]c5ccccc5c4c3)cc2)=C/1. The van der Waals surface area contributed by atoms with Crippen molar-refractivity contribution in [3.05, 3.63) is 264 Å². The van der Waals surface area contributed by atoms with E-state index in [0.717, 1.165) is 60.2 Å². The molecule has 2 aromatic heterocycles. The number of aliphatic imine (C=N–C) groups is 2. The summed E-state index contributed by atoms with van der Waals surface area (Å²) in [6.07, 6.45) is 29.6. The second-order valence-corrected chi connectivity index (χ2v) is 19.8. The van der Waals surface area contributed by atoms with Crippen LogP contribution in [0.25, 0.3) is 77.5 Å². The molecule has 0 bridgehead atoms. The molecule has 4 heteroatoms. The standard InChI is InChI=1S/C68H54N4/c1-44-12-10-17-56(39-44)68-70-64(49-13-4-3-5-14-49)43-65(71-68)50-30-34-57(35-31-50)72-66-21-9-7-19-59(66)61-42-55(33-37-67(61)72)53-29-28-46-15-11-16-51(38-45(2)22-23-52(46)40-53)47-24-26-48(27-25-47)54-32-36-63-60(41-54)58-18-6-8-20-62(58)69-63/h3-4,6-13,16-34,36-42,57,65,69H,2,5,14-15,35,43H2,1H3/b16-11-,23-22-,51-38+. The number of aryl methyl sites for hydroxylation is 1. The lowest BCUT2D eigenvalue weighted by Gasteiger charge is -2.27. The minimum absolute atomic E-state index is 0.0258. The largest absolute Gasteiger partial charge is 0.355 e. The monoisotopic (exact) mass is 926 g/mol. The van der Waals surface area contributed by atoms with Crippen LogP contribution >= 0.6 is 0 Å². The highest BCUT2D eigenvalue weighted by molar-refractivity contribution is 6.14. The summed E-state index contributed by atoms with van der Waals surface area (Å²) < 4.78 is 2.54. The third-order valence-corrected chi connectivity index (χ3v) is 15.1. The highest BCUT2D eigenvalue weighted by Crippen LogP contribution is 2.39. The Kier molecular flexibility index (Phi) is 11.0. The average molecular weight is 927 g/mol. The predicted molar refractivity (Wildman–Crippen MR) is 306 cm³/mol. The molecule has 0 fully saturated rings. The van der Waals surface area contributed by atoms with Crippen LogP contribution in [0.3, 0.4) is 0 Å². The Morgan fingerprint density at radius 3 is 2.25 bits per heavy atom. The topological polar surface area (TPSA) is 45.4 Å². The van der Waals surface area contributed by atoms with E-state index in [1.165, 1.54) is 99.5 Å². The van der Waals surface area contributed by atoms with E-state index in [4.69, 9.17) is 9.98 Å². The van der Waals surface area contributed by atoms with E-state index < -0.39 is 0 Å². The summed E-state index contributed by atoms with van der Waals surface area (Å²) in [7, 11) is 0. The van der Waals surface area contributed by atoms with Crippen LogP contribution in [0.15, 0.2) is 246 Å². The number of benzene rings is 7. The molecule has 0 radical (unpaired) electrons. The zero-order valence-electron chi connectivity index (χ0n) is 40.5. The molecule has 1 N–H and O–H groups in total. The number of H-pyrrole nitrogens is 1. The molecule has 9 aromatic rings. The molecule has 0 saturated heterocycles. The number of hydrogen-bond donors (Lipinski definition) is 1. The lowest BCUT2D eigenvalue weighted by Crippen LogP contribution is -2.25. The Labute approximate surface area is 421 Å². The number of para-hydroxylation sites is 2. The first-order chi connectivity index (χ1) is 35.5. The quantitative estimate of drug-likeness (QED) is 0.166. The van der Waals surface area contributed by atoms with Crippen molar-refractivity contribution in [2.24, 2.45) is 9.98 Å². The van der Waals surface area contributed by atoms with Crippen molar-refractivity contribution in [3.63, 3.8) is 0 Å². The normalized spacial score (nSPS) is 19.6. The smallest absolute Gasteiger partial charge is 0.155 e. The van der Waals surface area contributed by atoms with E-state index >= 15 is 0 Å². The van der Waals surface area contributed by atoms with Gasteiger partial charge in [-0.1, -0.05) is 176 Å². The van der Waals surface area contributed by atoms with Gasteiger partial charge in [-0.15, -0.1) is 0 Å². The summed E-state index contributed by atoms with van der Waals surface area (Å²) in [5.74, 6) is 0.838. The van der Waals surface area contributed by atoms with Crippen molar-refractivity contribution in [2.45, 2.75) is 51.1 Å². The van der Waals surface area contributed by atoms with E-state index in [2.05, 4.69) is 242 Å². The summed E-state index contributed by atoms with van der Waals surface area (Å²) in [4.78, 5) is 14.0. The zero-order chi connectivity index (χ0) is 48.1. The Morgan fingerprint density at radius 2 is 1.39 bits per heavy atom. The van der Waals surface area contributed by atoms with Gasteiger partial charge in [0, 0.05) is 61.3 Å². The number of fused-ring (bicyclic) bond motifs is 7. The summed E-state index contributed by atoms with van der Waals surface area (Å²) in [5.41, 5.74) is 21.5. The van der Waals surface area contributed by atoms with Crippen LogP contribution in [0.2, 0.25) is 0 Å². The second-order valence-electron chi connectivity index (χ2n) is 19.8. The van der Waals surface area contributed by atoms with Crippen molar-refractivity contribution in [2.75, 3.05) is 0 Å². The van der Waals surface area contributed by atoms with Gasteiger partial charge in [0.15, 0.2) is 5.84 Å². The maximum Gasteiger partial charge on any atom is 0.155 e. The van der Waals surface area contributed by atoms with E-state index in [9.17, 15) is 0 Å². The molecule has 1 aliphatic heterocycles. The first-order valence-corrected chi connectivity index (χ1v) is 25.4. The van der Waals surface area contributed by atoms with Gasteiger partial charge in [0.05, 0.1) is 12.1 Å². The van der Waals surface area contributed by atoms with E-state index in [1.54, 1.807) is 0 Å². The maximum absolute atomic E-state index is 5.32. The van der Waals surface area contributed by atoms with E-state index in [0.29, 0.717) is 0 Å². The lowest BCUT2D eigenvalue weighted by molar-refractivity contribution is 0.636. The molecule has 4 nitrogen and oxygen atoms in total. The predicted octanol–water partition coefficient (Wildman–Crippen LogP) is 17.2. The van der Waals surface area contributed by atoms with Crippen LogP contribution in [-0.2, 0) is 6.42 Å². The fourth-order valence-electron chi connectivity index (χ4n) is 11.3. The molecule has 4 aliphatic rings. The molecular weight excluding hydrogens is 873 g/mol. The Morgan fingerprint density at radius 1 is 0.625 bits per heavy atom. The second kappa shape index (κ2) is 18.3. The molecule has 3 aliphatic carbocycles. The van der Waals surface area contributed by atoms with Gasteiger partial charge in [0.25, 0.3) is 0 Å². The number of hydrogen-bond acceptors (Lipinski definition) is 2. The minimum Gasteiger partial charge on any atom is -0.355 e. The van der Waals surface area contributed by atoms with E-state index in [-0.39, 0.29) is 12.1 Å². The molecule has 2 unspecified atom stereocenters. The number of aromatic amines is 1. The van der Waals surface area contributed by atoms with Crippen LogP contribution in [0.4, 0.5) is 0 Å². The highest BCUT2D eigenvalue weighted by atomic mass is 15.0. The Balaban J connectivity index is 0.749. The van der Waals surface area contributed by atoms with Gasteiger partial charge in [-0.3, -0.25) is 4.99 Å². The number of aromatic nitrogens is 2. The van der Waals surface area contributed by atoms with Crippen LogP contribution < -0.4 is 0 Å². The fraction of sp³-hybridized carbons (Fsp3) is 0.118. The third-order valence-electron chi connectivity index (χ3n) is 15.1. The van der Waals surface area contributed by atoms with Crippen LogP contribution in [0, 0.1) is 6.92 Å². The van der Waals surface area contributed by atoms with Gasteiger partial charge >= 0.3 is 0 Å². The molecule has 7 aromatic carbocycles. The molecule has 3 heterocycles. The lowest BCUT2D eigenvalue weighted by atomic mass is 9.89. The van der Waals surface area contributed by atoms with Gasteiger partial charge < -0.3 is 9.55 Å². The number of rotatable bonds is 7. The van der Waals surface area contributed by atoms with Crippen LogP contribution in [0.5, 0.6) is 0 Å². The molecule has 346 valence electrons. The molecular formula is C68H54N4. The van der Waals surface area contributed by atoms with Gasteiger partial charge in [-0.2, -0.15) is 0 Å². The summed E-state index contributed by atoms with van der Waals surface area (Å²) >= 11 is 0. The number of amidine groups is 1. The van der Waals surface area contributed by atoms with Crippen molar-refractivity contribution < 1.29 is 0 Å². The van der Waals surface area contributed by atoms with Crippen molar-refractivity contribution in [1.29, 1.82) is 0 Å². The molecule has 0 saturated carbocycles. The maximum atomic E-state index is 5.32. The summed E-state index contributed by atoms with van der Waals surface area (Å²) in [6.45, 7) is 6.61. The Hall–Kier alpha value is -8.60. The molecule has 0 spiro atoms. The van der Waals surface area contributed by atoms with Gasteiger partial charge in [0.1, 0.15) is 0 Å². The number of nitrogens with zero attached hydrogens (tertiary/aromatic N) is 3. The van der Waals surface area contributed by atoms with Gasteiger partial charge in [0.2, 0.25) is 0 Å². The van der Waals surface area contributed by atoms with Crippen LogP contribution in [-0.4, -0.2) is 27.1 Å². The zero-order valence-corrected chi connectivity index (χ0v) is 40.5. The van der Waals surface area contributed by atoms with Crippen molar-refractivity contribution >= 4 is 66.8 Å².